The highest BCUT2D eigenvalue weighted by molar-refractivity contribution is 5.96. The SMILES string of the molecule is CCCCCNC(=O)c1nc(NC2CCCCC2N=C(N)N)c2cc(C)ccc2n1.O=C(O)C(F)(F)F.O=C(O)C(F)(F)F. The summed E-state index contributed by atoms with van der Waals surface area (Å²) in [5.41, 5.74) is 13.1. The standard InChI is InChI=1S/C22H33N7O.2C2HF3O2/c1-3-4-7-12-25-21(30)20-26-16-11-10-14(2)13-15(16)19(29-20)27-17-8-5-6-9-18(17)28-22(23)24;2*3-2(4,5)1(6)7/h10-11,13,17-18H,3-9,12H2,1-2H3,(H,25,30)(H4,23,24,28)(H,26,27,29);2*(H,6,7). The number of fused-ring (bicyclic) bond motifs is 1. The number of guanidine groups is 1. The average Bonchev–Trinajstić information content (AvgIpc) is 2.91. The molecule has 1 saturated carbocycles. The van der Waals surface area contributed by atoms with Gasteiger partial charge in [-0.2, -0.15) is 26.3 Å². The van der Waals surface area contributed by atoms with E-state index in [0.717, 1.165) is 61.4 Å². The monoisotopic (exact) mass is 639 g/mol. The van der Waals surface area contributed by atoms with E-state index in [1.165, 1.54) is 0 Å². The molecule has 3 rings (SSSR count). The van der Waals surface area contributed by atoms with E-state index >= 15 is 0 Å². The normalized spacial score (nSPS) is 16.4. The van der Waals surface area contributed by atoms with Crippen molar-refractivity contribution in [3.05, 3.63) is 29.6 Å². The zero-order valence-electron chi connectivity index (χ0n) is 23.9. The number of hydrogen-bond acceptors (Lipinski definition) is 7. The third-order valence-corrected chi connectivity index (χ3v) is 5.97. The first-order valence-electron chi connectivity index (χ1n) is 13.4. The van der Waals surface area contributed by atoms with Crippen molar-refractivity contribution in [2.24, 2.45) is 16.5 Å². The Morgan fingerprint density at radius 1 is 0.977 bits per heavy atom. The molecule has 2 aromatic rings. The predicted molar refractivity (Wildman–Crippen MR) is 149 cm³/mol. The number of carboxylic acids is 2. The molecule has 44 heavy (non-hydrogen) atoms. The van der Waals surface area contributed by atoms with Crippen molar-refractivity contribution in [3.8, 4) is 0 Å². The highest BCUT2D eigenvalue weighted by atomic mass is 19.4. The van der Waals surface area contributed by atoms with Gasteiger partial charge >= 0.3 is 24.3 Å². The van der Waals surface area contributed by atoms with E-state index in [9.17, 15) is 31.1 Å². The van der Waals surface area contributed by atoms with Gasteiger partial charge in [-0.25, -0.2) is 24.5 Å². The minimum Gasteiger partial charge on any atom is -0.475 e. The molecule has 1 aromatic carbocycles. The Balaban J connectivity index is 0.000000574. The number of benzene rings is 1. The largest absolute Gasteiger partial charge is 0.490 e. The van der Waals surface area contributed by atoms with Crippen molar-refractivity contribution in [1.29, 1.82) is 0 Å². The highest BCUT2D eigenvalue weighted by Gasteiger charge is 2.39. The lowest BCUT2D eigenvalue weighted by molar-refractivity contribution is -0.193. The molecule has 0 spiro atoms. The smallest absolute Gasteiger partial charge is 0.475 e. The number of nitrogens with one attached hydrogen (secondary N) is 2. The van der Waals surface area contributed by atoms with Crippen molar-refractivity contribution in [3.63, 3.8) is 0 Å². The number of aryl methyl sites for hydroxylation is 1. The molecule has 12 nitrogen and oxygen atoms in total. The van der Waals surface area contributed by atoms with Gasteiger partial charge in [0.2, 0.25) is 5.82 Å². The van der Waals surface area contributed by atoms with E-state index in [1.54, 1.807) is 0 Å². The van der Waals surface area contributed by atoms with Gasteiger partial charge in [0.05, 0.1) is 17.6 Å². The maximum Gasteiger partial charge on any atom is 0.490 e. The lowest BCUT2D eigenvalue weighted by atomic mass is 9.90. The molecule has 1 fully saturated rings. The minimum absolute atomic E-state index is 0.00936. The van der Waals surface area contributed by atoms with Crippen molar-refractivity contribution in [2.45, 2.75) is 83.2 Å². The summed E-state index contributed by atoms with van der Waals surface area (Å²) in [5.74, 6) is -4.82. The number of aromatic nitrogens is 2. The topological polar surface area (TPSA) is 206 Å². The molecule has 0 saturated heterocycles. The van der Waals surface area contributed by atoms with Gasteiger partial charge in [0, 0.05) is 11.9 Å². The van der Waals surface area contributed by atoms with Gasteiger partial charge in [0.1, 0.15) is 5.82 Å². The number of nitrogens with zero attached hydrogens (tertiary/aromatic N) is 3. The van der Waals surface area contributed by atoms with Crippen LogP contribution in [-0.2, 0) is 9.59 Å². The van der Waals surface area contributed by atoms with Crippen LogP contribution in [0.1, 0.15) is 68.1 Å². The van der Waals surface area contributed by atoms with Crippen LogP contribution in [0, 0.1) is 6.92 Å². The van der Waals surface area contributed by atoms with Gasteiger partial charge < -0.3 is 32.3 Å². The summed E-state index contributed by atoms with van der Waals surface area (Å²) in [7, 11) is 0. The van der Waals surface area contributed by atoms with E-state index in [2.05, 4.69) is 32.5 Å². The summed E-state index contributed by atoms with van der Waals surface area (Å²) in [6.45, 7) is 4.79. The lowest BCUT2D eigenvalue weighted by Gasteiger charge is -2.30. The summed E-state index contributed by atoms with van der Waals surface area (Å²) in [6.07, 6.45) is -2.98. The second-order valence-electron chi connectivity index (χ2n) is 9.64. The predicted octanol–water partition coefficient (Wildman–Crippen LogP) is 4.12. The molecule has 2 atom stereocenters. The molecule has 1 aliphatic rings. The van der Waals surface area contributed by atoms with Gasteiger partial charge in [-0.05, 0) is 38.3 Å². The number of halogens is 6. The van der Waals surface area contributed by atoms with Gasteiger partial charge in [-0.3, -0.25) is 4.79 Å². The second kappa shape index (κ2) is 17.0. The fraction of sp³-hybridized carbons (Fsp3) is 0.538. The lowest BCUT2D eigenvalue weighted by Crippen LogP contribution is -2.38. The van der Waals surface area contributed by atoms with Crippen LogP contribution in [0.25, 0.3) is 10.9 Å². The van der Waals surface area contributed by atoms with Crippen LogP contribution in [0.15, 0.2) is 23.2 Å². The zero-order chi connectivity index (χ0) is 33.7. The van der Waals surface area contributed by atoms with E-state index in [1.807, 2.05) is 25.1 Å². The molecule has 0 radical (unpaired) electrons. The molecule has 1 heterocycles. The van der Waals surface area contributed by atoms with Gasteiger partial charge in [-0.1, -0.05) is 44.2 Å². The van der Waals surface area contributed by atoms with Crippen molar-refractivity contribution < 1.29 is 50.9 Å². The summed E-state index contributed by atoms with van der Waals surface area (Å²) >= 11 is 0. The molecule has 0 bridgehead atoms. The number of carboxylic acid groups (broad SMARTS) is 2. The Hall–Kier alpha value is -4.38. The first-order chi connectivity index (χ1) is 20.4. The Morgan fingerprint density at radius 2 is 1.55 bits per heavy atom. The first-order valence-corrected chi connectivity index (χ1v) is 13.4. The van der Waals surface area contributed by atoms with Crippen LogP contribution in [-0.4, -0.2) is 75.0 Å². The van der Waals surface area contributed by atoms with Crippen molar-refractivity contribution >= 4 is 40.5 Å². The molecule has 1 amide bonds. The molecule has 18 heteroatoms. The fourth-order valence-corrected chi connectivity index (χ4v) is 3.91. The number of amides is 1. The van der Waals surface area contributed by atoms with E-state index < -0.39 is 24.3 Å². The van der Waals surface area contributed by atoms with E-state index in [0.29, 0.717) is 12.4 Å². The summed E-state index contributed by atoms with van der Waals surface area (Å²) in [5, 5.41) is 21.6. The number of aliphatic carboxylic acids is 2. The number of unbranched alkanes of at least 4 members (excludes halogenated alkanes) is 2. The third kappa shape index (κ3) is 13.3. The molecular weight excluding hydrogens is 604 g/mol. The molecular formula is C26H35F6N7O5. The number of anilines is 1. The minimum atomic E-state index is -5.08. The number of hydrogen-bond donors (Lipinski definition) is 6. The summed E-state index contributed by atoms with van der Waals surface area (Å²) < 4.78 is 63.5. The summed E-state index contributed by atoms with van der Waals surface area (Å²) in [4.78, 5) is 44.0. The van der Waals surface area contributed by atoms with Crippen LogP contribution in [0.4, 0.5) is 32.2 Å². The second-order valence-corrected chi connectivity index (χ2v) is 9.64. The molecule has 2 unspecified atom stereocenters. The van der Waals surface area contributed by atoms with Crippen LogP contribution in [0.2, 0.25) is 0 Å². The molecule has 8 N–H and O–H groups in total. The van der Waals surface area contributed by atoms with E-state index in [4.69, 9.17) is 31.3 Å². The Labute approximate surface area is 248 Å². The number of nitrogens with two attached hydrogens (primary N) is 2. The zero-order valence-corrected chi connectivity index (χ0v) is 23.9. The van der Waals surface area contributed by atoms with Crippen LogP contribution in [0.3, 0.4) is 0 Å². The Bertz CT molecular complexity index is 1280. The molecule has 0 aliphatic heterocycles. The maximum atomic E-state index is 12.7. The quantitative estimate of drug-likeness (QED) is 0.105. The average molecular weight is 640 g/mol. The van der Waals surface area contributed by atoms with Gasteiger partial charge in [0.25, 0.3) is 5.91 Å². The number of rotatable bonds is 8. The van der Waals surface area contributed by atoms with Crippen molar-refractivity contribution in [1.82, 2.24) is 15.3 Å². The number of aliphatic imine (C=N–C) groups is 1. The fourth-order valence-electron chi connectivity index (χ4n) is 3.91. The van der Waals surface area contributed by atoms with Crippen LogP contribution < -0.4 is 22.1 Å². The van der Waals surface area contributed by atoms with Gasteiger partial charge in [0.15, 0.2) is 5.96 Å². The van der Waals surface area contributed by atoms with Gasteiger partial charge in [-0.15, -0.1) is 0 Å². The Kier molecular flexibility index (Phi) is 14.6. The highest BCUT2D eigenvalue weighted by Crippen LogP contribution is 2.28. The molecule has 1 aliphatic carbocycles. The molecule has 1 aromatic heterocycles. The van der Waals surface area contributed by atoms with Crippen LogP contribution in [0.5, 0.6) is 0 Å². The Morgan fingerprint density at radius 3 is 2.07 bits per heavy atom. The molecule has 246 valence electrons. The number of alkyl halides is 6. The number of carbonyl (C=O) groups excluding carboxylic acids is 1. The maximum absolute atomic E-state index is 12.7. The third-order valence-electron chi connectivity index (χ3n) is 5.97. The first kappa shape index (κ1) is 37.6. The summed E-state index contributed by atoms with van der Waals surface area (Å²) in [6, 6.07) is 6.01. The number of carbonyl (C=O) groups is 3. The van der Waals surface area contributed by atoms with E-state index in [-0.39, 0.29) is 29.8 Å². The van der Waals surface area contributed by atoms with Crippen LogP contribution >= 0.6 is 0 Å². The van der Waals surface area contributed by atoms with Crippen molar-refractivity contribution in [2.75, 3.05) is 11.9 Å².